The van der Waals surface area contributed by atoms with E-state index in [1.807, 2.05) is 25.4 Å². The number of hydrogen-bond donors (Lipinski definition) is 1. The third-order valence-corrected chi connectivity index (χ3v) is 6.76. The van der Waals surface area contributed by atoms with Crippen LogP contribution in [0.3, 0.4) is 0 Å². The van der Waals surface area contributed by atoms with Crippen LogP contribution in [-0.2, 0) is 16.7 Å². The molecule has 1 aliphatic heterocycles. The lowest BCUT2D eigenvalue weighted by atomic mass is 9.68. The van der Waals surface area contributed by atoms with E-state index in [9.17, 15) is 0 Å². The fourth-order valence-corrected chi connectivity index (χ4v) is 5.29. The molecule has 2 aliphatic rings. The minimum Gasteiger partial charge on any atom is -0.481 e. The minimum absolute atomic E-state index is 0.0762. The number of hydrogen-bond acceptors (Lipinski definition) is 5. The van der Waals surface area contributed by atoms with Crippen LogP contribution in [0.15, 0.2) is 36.7 Å². The van der Waals surface area contributed by atoms with Crippen molar-refractivity contribution in [1.82, 2.24) is 15.3 Å². The summed E-state index contributed by atoms with van der Waals surface area (Å²) in [7, 11) is 1.66. The van der Waals surface area contributed by atoms with Crippen molar-refractivity contribution in [3.8, 4) is 5.88 Å². The quantitative estimate of drug-likeness (QED) is 0.707. The third kappa shape index (κ3) is 4.46. The molecule has 1 aliphatic carbocycles. The number of rotatable bonds is 7. The molecule has 1 saturated carbocycles. The van der Waals surface area contributed by atoms with E-state index in [1.54, 1.807) is 7.11 Å². The maximum absolute atomic E-state index is 6.35. The Labute approximate surface area is 174 Å². The van der Waals surface area contributed by atoms with Gasteiger partial charge in [-0.15, -0.1) is 0 Å². The highest BCUT2D eigenvalue weighted by Crippen LogP contribution is 2.49. The summed E-state index contributed by atoms with van der Waals surface area (Å²) in [5.41, 5.74) is 3.68. The molecule has 0 radical (unpaired) electrons. The van der Waals surface area contributed by atoms with Gasteiger partial charge in [0, 0.05) is 42.2 Å². The Morgan fingerprint density at radius 1 is 1.17 bits per heavy atom. The first kappa shape index (κ1) is 20.3. The zero-order chi connectivity index (χ0) is 20.2. The lowest BCUT2D eigenvalue weighted by Crippen LogP contribution is -2.47. The SMILES string of the molecule is COc1ncc(CNCC[C@]2(c3ccccn3)CCOC3(CCCC3)C2)cc1C. The van der Waals surface area contributed by atoms with Gasteiger partial charge in [0.15, 0.2) is 0 Å². The van der Waals surface area contributed by atoms with Gasteiger partial charge in [-0.05, 0) is 69.3 Å². The molecule has 5 nitrogen and oxygen atoms in total. The van der Waals surface area contributed by atoms with Crippen molar-refractivity contribution in [2.45, 2.75) is 69.4 Å². The van der Waals surface area contributed by atoms with Gasteiger partial charge in [0.2, 0.25) is 5.88 Å². The van der Waals surface area contributed by atoms with E-state index < -0.39 is 0 Å². The van der Waals surface area contributed by atoms with Crippen LogP contribution in [0.2, 0.25) is 0 Å². The predicted octanol–water partition coefficient (Wildman–Crippen LogP) is 4.33. The number of ether oxygens (including phenoxy) is 2. The molecule has 4 rings (SSSR count). The first-order valence-corrected chi connectivity index (χ1v) is 10.9. The fraction of sp³-hybridized carbons (Fsp3) is 0.583. The van der Waals surface area contributed by atoms with Gasteiger partial charge < -0.3 is 14.8 Å². The molecule has 2 aromatic heterocycles. The predicted molar refractivity (Wildman–Crippen MR) is 114 cm³/mol. The standard InChI is InChI=1S/C24H33N3O2/c1-19-15-20(17-27-22(19)28-2)16-25-13-10-23(21-7-3-6-12-26-21)11-14-29-24(18-23)8-4-5-9-24/h3,6-7,12,15,17,25H,4-5,8-11,13-14,16,18H2,1-2H3/t23-/m0/s1. The second kappa shape index (κ2) is 8.80. The van der Waals surface area contributed by atoms with Crippen LogP contribution < -0.4 is 10.1 Å². The summed E-state index contributed by atoms with van der Waals surface area (Å²) in [6, 6.07) is 8.50. The lowest BCUT2D eigenvalue weighted by Gasteiger charge is -2.46. The summed E-state index contributed by atoms with van der Waals surface area (Å²) in [6.45, 7) is 4.65. The van der Waals surface area contributed by atoms with Crippen molar-refractivity contribution in [3.05, 3.63) is 53.5 Å². The topological polar surface area (TPSA) is 56.3 Å². The fourth-order valence-electron chi connectivity index (χ4n) is 5.29. The molecule has 0 amide bonds. The molecule has 29 heavy (non-hydrogen) atoms. The Hall–Kier alpha value is -1.98. The van der Waals surface area contributed by atoms with Gasteiger partial charge in [0.25, 0.3) is 0 Å². The zero-order valence-electron chi connectivity index (χ0n) is 17.7. The number of methoxy groups -OCH3 is 1. The van der Waals surface area contributed by atoms with Crippen LogP contribution in [0.1, 0.15) is 61.8 Å². The summed E-state index contributed by atoms with van der Waals surface area (Å²) in [6.07, 6.45) is 12.1. The maximum Gasteiger partial charge on any atom is 0.215 e. The Bertz CT molecular complexity index is 805. The van der Waals surface area contributed by atoms with E-state index in [-0.39, 0.29) is 11.0 Å². The highest BCUT2D eigenvalue weighted by atomic mass is 16.5. The average molecular weight is 396 g/mol. The maximum atomic E-state index is 6.35. The Morgan fingerprint density at radius 3 is 2.76 bits per heavy atom. The molecule has 0 bridgehead atoms. The Morgan fingerprint density at radius 2 is 2.03 bits per heavy atom. The van der Waals surface area contributed by atoms with Crippen molar-refractivity contribution in [2.75, 3.05) is 20.3 Å². The summed E-state index contributed by atoms with van der Waals surface area (Å²) in [5.74, 6) is 0.701. The van der Waals surface area contributed by atoms with Crippen LogP contribution in [-0.4, -0.2) is 35.8 Å². The van der Waals surface area contributed by atoms with E-state index >= 15 is 0 Å². The van der Waals surface area contributed by atoms with E-state index in [0.29, 0.717) is 5.88 Å². The van der Waals surface area contributed by atoms with E-state index in [2.05, 4.69) is 28.5 Å². The van der Waals surface area contributed by atoms with Crippen LogP contribution in [0.4, 0.5) is 0 Å². The molecule has 1 saturated heterocycles. The summed E-state index contributed by atoms with van der Waals surface area (Å²) < 4.78 is 11.6. The Kier molecular flexibility index (Phi) is 6.16. The molecule has 0 unspecified atom stereocenters. The van der Waals surface area contributed by atoms with Crippen LogP contribution >= 0.6 is 0 Å². The van der Waals surface area contributed by atoms with E-state index in [4.69, 9.17) is 14.5 Å². The number of pyridine rings is 2. The summed E-state index contributed by atoms with van der Waals surface area (Å²) in [5, 5.41) is 3.64. The summed E-state index contributed by atoms with van der Waals surface area (Å²) in [4.78, 5) is 9.18. The van der Waals surface area contributed by atoms with E-state index in [0.717, 1.165) is 44.5 Å². The monoisotopic (exact) mass is 395 g/mol. The number of aromatic nitrogens is 2. The van der Waals surface area contributed by atoms with Gasteiger partial charge in [-0.1, -0.05) is 18.9 Å². The van der Waals surface area contributed by atoms with Crippen molar-refractivity contribution in [3.63, 3.8) is 0 Å². The molecule has 3 heterocycles. The van der Waals surface area contributed by atoms with Gasteiger partial charge >= 0.3 is 0 Å². The van der Waals surface area contributed by atoms with Gasteiger partial charge in [0.1, 0.15) is 0 Å². The molecule has 2 aromatic rings. The molecule has 156 valence electrons. The highest BCUT2D eigenvalue weighted by Gasteiger charge is 2.48. The molecule has 2 fully saturated rings. The van der Waals surface area contributed by atoms with E-state index in [1.165, 1.54) is 36.9 Å². The van der Waals surface area contributed by atoms with Gasteiger partial charge in [0.05, 0.1) is 12.7 Å². The van der Waals surface area contributed by atoms with Crippen molar-refractivity contribution in [1.29, 1.82) is 0 Å². The first-order valence-electron chi connectivity index (χ1n) is 10.9. The molecule has 5 heteroatoms. The molecule has 1 N–H and O–H groups in total. The highest BCUT2D eigenvalue weighted by molar-refractivity contribution is 5.28. The molecule has 1 atom stereocenters. The Balaban J connectivity index is 1.43. The minimum atomic E-state index is 0.0762. The lowest BCUT2D eigenvalue weighted by molar-refractivity contribution is -0.104. The first-order chi connectivity index (χ1) is 14.1. The van der Waals surface area contributed by atoms with Gasteiger partial charge in [-0.25, -0.2) is 4.98 Å². The van der Waals surface area contributed by atoms with Crippen LogP contribution in [0.5, 0.6) is 5.88 Å². The van der Waals surface area contributed by atoms with Gasteiger partial charge in [-0.3, -0.25) is 4.98 Å². The molecular weight excluding hydrogens is 362 g/mol. The summed E-state index contributed by atoms with van der Waals surface area (Å²) >= 11 is 0. The van der Waals surface area contributed by atoms with Crippen molar-refractivity contribution >= 4 is 0 Å². The smallest absolute Gasteiger partial charge is 0.215 e. The largest absolute Gasteiger partial charge is 0.481 e. The van der Waals surface area contributed by atoms with Crippen molar-refractivity contribution in [2.24, 2.45) is 0 Å². The van der Waals surface area contributed by atoms with Crippen LogP contribution in [0, 0.1) is 6.92 Å². The van der Waals surface area contributed by atoms with Crippen molar-refractivity contribution < 1.29 is 9.47 Å². The average Bonchev–Trinajstić information content (AvgIpc) is 3.19. The number of aryl methyl sites for hydroxylation is 1. The zero-order valence-corrected chi connectivity index (χ0v) is 17.7. The molecule has 1 spiro atoms. The third-order valence-electron chi connectivity index (χ3n) is 6.76. The number of nitrogens with zero attached hydrogens (tertiary/aromatic N) is 2. The second-order valence-corrected chi connectivity index (χ2v) is 8.76. The number of nitrogens with one attached hydrogen (secondary N) is 1. The molecule has 0 aromatic carbocycles. The van der Waals surface area contributed by atoms with Crippen LogP contribution in [0.25, 0.3) is 0 Å². The second-order valence-electron chi connectivity index (χ2n) is 8.76. The van der Waals surface area contributed by atoms with Gasteiger partial charge in [-0.2, -0.15) is 0 Å². The molecular formula is C24H33N3O2. The normalized spacial score (nSPS) is 23.4.